The van der Waals surface area contributed by atoms with Gasteiger partial charge in [-0.2, -0.15) is 0 Å². The van der Waals surface area contributed by atoms with Crippen LogP contribution in [0, 0.1) is 5.92 Å². The predicted octanol–water partition coefficient (Wildman–Crippen LogP) is 3.46. The number of nitrogens with one attached hydrogen (secondary N) is 1. The van der Waals surface area contributed by atoms with Gasteiger partial charge in [0, 0.05) is 12.6 Å². The third-order valence-electron chi connectivity index (χ3n) is 3.97. The summed E-state index contributed by atoms with van der Waals surface area (Å²) in [6, 6.07) is 4.77. The first-order valence-corrected chi connectivity index (χ1v) is 7.35. The standard InChI is InChI=1S/C14H18BrNO2/c1-9(11-3-2-4-11)16-7-10-5-12(15)14-13(6-10)17-8-18-14/h5-6,9,11,16H,2-4,7-8H2,1H3. The molecule has 0 saturated heterocycles. The largest absolute Gasteiger partial charge is 0.454 e. The summed E-state index contributed by atoms with van der Waals surface area (Å²) in [7, 11) is 0. The van der Waals surface area contributed by atoms with Crippen molar-refractivity contribution in [1.29, 1.82) is 0 Å². The van der Waals surface area contributed by atoms with Crippen LogP contribution in [0.5, 0.6) is 11.5 Å². The number of benzene rings is 1. The Hall–Kier alpha value is -0.740. The molecule has 1 saturated carbocycles. The van der Waals surface area contributed by atoms with E-state index in [2.05, 4.69) is 40.3 Å². The van der Waals surface area contributed by atoms with Crippen molar-refractivity contribution in [3.8, 4) is 11.5 Å². The minimum Gasteiger partial charge on any atom is -0.454 e. The van der Waals surface area contributed by atoms with Crippen LogP contribution in [0.2, 0.25) is 0 Å². The average molecular weight is 312 g/mol. The highest BCUT2D eigenvalue weighted by atomic mass is 79.9. The van der Waals surface area contributed by atoms with E-state index in [4.69, 9.17) is 9.47 Å². The summed E-state index contributed by atoms with van der Waals surface area (Å²) < 4.78 is 11.8. The smallest absolute Gasteiger partial charge is 0.231 e. The zero-order valence-corrected chi connectivity index (χ0v) is 12.1. The average Bonchev–Trinajstić information content (AvgIpc) is 2.72. The Labute approximate surface area is 116 Å². The fourth-order valence-corrected chi connectivity index (χ4v) is 3.11. The second-order valence-corrected chi connectivity index (χ2v) is 6.03. The number of halogens is 1. The number of fused-ring (bicyclic) bond motifs is 1. The van der Waals surface area contributed by atoms with Crippen molar-refractivity contribution >= 4 is 15.9 Å². The lowest BCUT2D eigenvalue weighted by atomic mass is 9.80. The zero-order chi connectivity index (χ0) is 12.5. The first kappa shape index (κ1) is 12.3. The molecule has 3 rings (SSSR count). The minimum absolute atomic E-state index is 0.323. The lowest BCUT2D eigenvalue weighted by Gasteiger charge is -2.32. The molecule has 1 N–H and O–H groups in total. The van der Waals surface area contributed by atoms with Crippen LogP contribution < -0.4 is 14.8 Å². The molecule has 0 aromatic heterocycles. The maximum atomic E-state index is 5.43. The first-order chi connectivity index (χ1) is 8.74. The Kier molecular flexibility index (Phi) is 3.48. The molecule has 18 heavy (non-hydrogen) atoms. The SMILES string of the molecule is CC(NCc1cc(Br)c2c(c1)OCO2)C1CCC1. The molecule has 1 unspecified atom stereocenters. The van der Waals surface area contributed by atoms with Gasteiger partial charge in [0.1, 0.15) is 0 Å². The lowest BCUT2D eigenvalue weighted by Crippen LogP contribution is -2.36. The molecule has 4 heteroatoms. The predicted molar refractivity (Wildman–Crippen MR) is 73.9 cm³/mol. The molecule has 0 spiro atoms. The van der Waals surface area contributed by atoms with Gasteiger partial charge in [-0.3, -0.25) is 0 Å². The molecule has 3 nitrogen and oxygen atoms in total. The fourth-order valence-electron chi connectivity index (χ4n) is 2.51. The summed E-state index contributed by atoms with van der Waals surface area (Å²) in [6.45, 7) is 3.49. The number of hydrogen-bond acceptors (Lipinski definition) is 3. The second-order valence-electron chi connectivity index (χ2n) is 5.17. The highest BCUT2D eigenvalue weighted by molar-refractivity contribution is 9.10. The van der Waals surface area contributed by atoms with Crippen molar-refractivity contribution in [1.82, 2.24) is 5.32 Å². The highest BCUT2D eigenvalue weighted by Gasteiger charge is 2.23. The molecule has 1 aromatic carbocycles. The molecule has 1 aliphatic carbocycles. The van der Waals surface area contributed by atoms with Crippen molar-refractivity contribution in [3.63, 3.8) is 0 Å². The summed E-state index contributed by atoms with van der Waals surface area (Å²) in [6.07, 6.45) is 4.14. The molecule has 1 atom stereocenters. The molecular formula is C14H18BrNO2. The highest BCUT2D eigenvalue weighted by Crippen LogP contribution is 2.40. The molecule has 1 aliphatic heterocycles. The van der Waals surface area contributed by atoms with E-state index in [1.165, 1.54) is 24.8 Å². The van der Waals surface area contributed by atoms with Crippen LogP contribution >= 0.6 is 15.9 Å². The molecule has 2 aliphatic rings. The number of hydrogen-bond donors (Lipinski definition) is 1. The monoisotopic (exact) mass is 311 g/mol. The van der Waals surface area contributed by atoms with Crippen LogP contribution in [0.4, 0.5) is 0 Å². The van der Waals surface area contributed by atoms with Crippen molar-refractivity contribution in [3.05, 3.63) is 22.2 Å². The normalized spacial score (nSPS) is 19.7. The Morgan fingerprint density at radius 2 is 2.22 bits per heavy atom. The summed E-state index contributed by atoms with van der Waals surface area (Å²) in [5.41, 5.74) is 1.23. The van der Waals surface area contributed by atoms with Crippen molar-refractivity contribution < 1.29 is 9.47 Å². The van der Waals surface area contributed by atoms with Crippen LogP contribution in [0.15, 0.2) is 16.6 Å². The zero-order valence-electron chi connectivity index (χ0n) is 10.5. The van der Waals surface area contributed by atoms with Gasteiger partial charge in [0.15, 0.2) is 11.5 Å². The molecule has 1 fully saturated rings. The van der Waals surface area contributed by atoms with E-state index >= 15 is 0 Å². The summed E-state index contributed by atoms with van der Waals surface area (Å²) in [5.74, 6) is 2.53. The van der Waals surface area contributed by atoms with E-state index in [1.54, 1.807) is 0 Å². The molecule has 0 bridgehead atoms. The molecule has 0 radical (unpaired) electrons. The van der Waals surface area contributed by atoms with E-state index < -0.39 is 0 Å². The first-order valence-electron chi connectivity index (χ1n) is 6.55. The van der Waals surface area contributed by atoms with Crippen LogP contribution in [-0.2, 0) is 6.54 Å². The Bertz CT molecular complexity index is 446. The van der Waals surface area contributed by atoms with Crippen molar-refractivity contribution in [2.45, 2.75) is 38.8 Å². The fraction of sp³-hybridized carbons (Fsp3) is 0.571. The molecule has 0 amide bonds. The summed E-state index contributed by atoms with van der Waals surface area (Å²) in [4.78, 5) is 0. The van der Waals surface area contributed by atoms with Gasteiger partial charge >= 0.3 is 0 Å². The Morgan fingerprint density at radius 1 is 1.39 bits per heavy atom. The van der Waals surface area contributed by atoms with Crippen LogP contribution in [0.25, 0.3) is 0 Å². The second kappa shape index (κ2) is 5.10. The van der Waals surface area contributed by atoms with Gasteiger partial charge in [-0.05, 0) is 59.3 Å². The van der Waals surface area contributed by atoms with E-state index in [0.29, 0.717) is 12.8 Å². The lowest BCUT2D eigenvalue weighted by molar-refractivity contribution is 0.173. The topological polar surface area (TPSA) is 30.5 Å². The Morgan fingerprint density at radius 3 is 2.94 bits per heavy atom. The molecule has 98 valence electrons. The van der Waals surface area contributed by atoms with Gasteiger partial charge in [-0.15, -0.1) is 0 Å². The third-order valence-corrected chi connectivity index (χ3v) is 4.56. The summed E-state index contributed by atoms with van der Waals surface area (Å²) >= 11 is 3.53. The maximum absolute atomic E-state index is 5.43. The minimum atomic E-state index is 0.323. The van der Waals surface area contributed by atoms with Gasteiger partial charge in [0.2, 0.25) is 6.79 Å². The van der Waals surface area contributed by atoms with Gasteiger partial charge < -0.3 is 14.8 Å². The maximum Gasteiger partial charge on any atom is 0.231 e. The van der Waals surface area contributed by atoms with E-state index in [0.717, 1.165) is 28.4 Å². The molecule has 1 heterocycles. The van der Waals surface area contributed by atoms with Crippen molar-refractivity contribution in [2.24, 2.45) is 5.92 Å². The third kappa shape index (κ3) is 2.36. The Balaban J connectivity index is 1.64. The van der Waals surface area contributed by atoms with Gasteiger partial charge in [-0.25, -0.2) is 0 Å². The van der Waals surface area contributed by atoms with Crippen LogP contribution in [0.1, 0.15) is 31.7 Å². The van der Waals surface area contributed by atoms with Crippen molar-refractivity contribution in [2.75, 3.05) is 6.79 Å². The van der Waals surface area contributed by atoms with E-state index in [9.17, 15) is 0 Å². The number of ether oxygens (including phenoxy) is 2. The van der Waals surface area contributed by atoms with Crippen LogP contribution in [-0.4, -0.2) is 12.8 Å². The van der Waals surface area contributed by atoms with Gasteiger partial charge in [-0.1, -0.05) is 6.42 Å². The van der Waals surface area contributed by atoms with Gasteiger partial charge in [0.05, 0.1) is 4.47 Å². The van der Waals surface area contributed by atoms with Gasteiger partial charge in [0.25, 0.3) is 0 Å². The summed E-state index contributed by atoms with van der Waals surface area (Å²) in [5, 5.41) is 3.60. The van der Waals surface area contributed by atoms with E-state index in [1.807, 2.05) is 0 Å². The molecular weight excluding hydrogens is 294 g/mol. The molecule has 1 aromatic rings. The quantitative estimate of drug-likeness (QED) is 0.923. The van der Waals surface area contributed by atoms with E-state index in [-0.39, 0.29) is 0 Å². The van der Waals surface area contributed by atoms with Crippen LogP contribution in [0.3, 0.4) is 0 Å². The number of rotatable bonds is 4.